The third-order valence-electron chi connectivity index (χ3n) is 4.27. The highest BCUT2D eigenvalue weighted by atomic mass is 16.5. The van der Waals surface area contributed by atoms with Gasteiger partial charge in [0, 0.05) is 11.1 Å². The highest BCUT2D eigenvalue weighted by Crippen LogP contribution is 2.23. The first-order valence-corrected chi connectivity index (χ1v) is 8.74. The summed E-state index contributed by atoms with van der Waals surface area (Å²) in [6.45, 7) is 0. The van der Waals surface area contributed by atoms with E-state index in [0.717, 1.165) is 0 Å². The number of aliphatic carboxylic acids is 1. The van der Waals surface area contributed by atoms with Crippen LogP contribution in [0.3, 0.4) is 0 Å². The predicted molar refractivity (Wildman–Crippen MR) is 107 cm³/mol. The van der Waals surface area contributed by atoms with E-state index in [4.69, 9.17) is 15.2 Å². The molecule has 1 unspecified atom stereocenters. The maximum absolute atomic E-state index is 12.7. The van der Waals surface area contributed by atoms with Crippen molar-refractivity contribution in [2.75, 3.05) is 7.11 Å². The molecule has 7 heteroatoms. The van der Waals surface area contributed by atoms with Crippen molar-refractivity contribution < 1.29 is 24.2 Å². The monoisotopic (exact) mass is 392 g/mol. The molecule has 7 nitrogen and oxygen atoms in total. The molecule has 0 spiro atoms. The van der Waals surface area contributed by atoms with Gasteiger partial charge in [-0.3, -0.25) is 10.5 Å². The first-order valence-electron chi connectivity index (χ1n) is 8.74. The van der Waals surface area contributed by atoms with Gasteiger partial charge in [0.15, 0.2) is 0 Å². The van der Waals surface area contributed by atoms with Crippen molar-refractivity contribution in [2.45, 2.75) is 5.66 Å². The van der Waals surface area contributed by atoms with Crippen LogP contribution in [0.1, 0.15) is 15.9 Å². The fourth-order valence-electron chi connectivity index (χ4n) is 2.68. The molecule has 4 N–H and O–H groups in total. The molecule has 0 saturated heterocycles. The average Bonchev–Trinajstić information content (AvgIpc) is 2.74. The van der Waals surface area contributed by atoms with Crippen LogP contribution >= 0.6 is 0 Å². The van der Waals surface area contributed by atoms with Crippen molar-refractivity contribution in [2.24, 2.45) is 5.73 Å². The standard InChI is InChI=1S/C22H20N2O5/c1-28-17-12-10-16(11-13-17)22(23,21(26)27)24-20(25)15-6-5-9-19(14-15)29-18-7-3-2-4-8-18/h2-14H,23H2,1H3,(H,24,25)(H,26,27). The maximum atomic E-state index is 12.7. The lowest BCUT2D eigenvalue weighted by atomic mass is 9.99. The van der Waals surface area contributed by atoms with Gasteiger partial charge in [-0.15, -0.1) is 0 Å². The van der Waals surface area contributed by atoms with Crippen LogP contribution in [0.4, 0.5) is 0 Å². The Balaban J connectivity index is 1.83. The van der Waals surface area contributed by atoms with Crippen LogP contribution < -0.4 is 20.5 Å². The molecular weight excluding hydrogens is 372 g/mol. The van der Waals surface area contributed by atoms with Crippen LogP contribution in [0, 0.1) is 0 Å². The second-order valence-electron chi connectivity index (χ2n) is 6.24. The number of carbonyl (C=O) groups excluding carboxylic acids is 1. The number of hydrogen-bond donors (Lipinski definition) is 3. The zero-order valence-corrected chi connectivity index (χ0v) is 15.7. The van der Waals surface area contributed by atoms with Crippen molar-refractivity contribution in [1.29, 1.82) is 0 Å². The molecule has 0 saturated carbocycles. The summed E-state index contributed by atoms with van der Waals surface area (Å²) >= 11 is 0. The summed E-state index contributed by atoms with van der Waals surface area (Å²) in [5, 5.41) is 12.1. The normalized spacial score (nSPS) is 12.5. The summed E-state index contributed by atoms with van der Waals surface area (Å²) in [5.74, 6) is -0.455. The smallest absolute Gasteiger partial charge is 0.349 e. The van der Waals surface area contributed by atoms with Gasteiger partial charge in [-0.05, 0) is 42.5 Å². The molecule has 3 aromatic rings. The summed E-state index contributed by atoms with van der Waals surface area (Å²) < 4.78 is 10.8. The quantitative estimate of drug-likeness (QED) is 0.533. The van der Waals surface area contributed by atoms with E-state index in [-0.39, 0.29) is 11.1 Å². The van der Waals surface area contributed by atoms with Crippen LogP contribution in [-0.4, -0.2) is 24.1 Å². The molecule has 0 aliphatic heterocycles. The van der Waals surface area contributed by atoms with Crippen molar-refractivity contribution >= 4 is 11.9 Å². The molecule has 148 valence electrons. The van der Waals surface area contributed by atoms with Crippen molar-refractivity contribution in [3.05, 3.63) is 90.0 Å². The number of ether oxygens (including phenoxy) is 2. The molecule has 1 atom stereocenters. The minimum absolute atomic E-state index is 0.204. The minimum atomic E-state index is -2.11. The minimum Gasteiger partial charge on any atom is -0.497 e. The van der Waals surface area contributed by atoms with E-state index >= 15 is 0 Å². The fraction of sp³-hybridized carbons (Fsp3) is 0.0909. The molecule has 0 aliphatic carbocycles. The number of carboxylic acids is 1. The Hall–Kier alpha value is -3.84. The second kappa shape index (κ2) is 8.45. The topological polar surface area (TPSA) is 111 Å². The van der Waals surface area contributed by atoms with Gasteiger partial charge in [0.25, 0.3) is 5.91 Å². The Morgan fingerprint density at radius 1 is 0.897 bits per heavy atom. The van der Waals surface area contributed by atoms with Gasteiger partial charge in [0.2, 0.25) is 5.66 Å². The molecule has 0 aliphatic rings. The number of methoxy groups -OCH3 is 1. The van der Waals surface area contributed by atoms with Crippen molar-refractivity contribution in [1.82, 2.24) is 5.32 Å². The predicted octanol–water partition coefficient (Wildman–Crippen LogP) is 3.11. The molecule has 29 heavy (non-hydrogen) atoms. The van der Waals surface area contributed by atoms with Gasteiger partial charge < -0.3 is 19.9 Å². The number of carboxylic acid groups (broad SMARTS) is 1. The molecule has 0 bridgehead atoms. The number of nitrogens with two attached hydrogens (primary N) is 1. The number of amides is 1. The first-order chi connectivity index (χ1) is 13.9. The molecule has 0 radical (unpaired) electrons. The molecule has 1 amide bonds. The average molecular weight is 392 g/mol. The van der Waals surface area contributed by atoms with Crippen LogP contribution in [0.5, 0.6) is 17.2 Å². The summed E-state index contributed by atoms with van der Waals surface area (Å²) in [7, 11) is 1.49. The number of rotatable bonds is 7. The summed E-state index contributed by atoms with van der Waals surface area (Å²) in [4.78, 5) is 24.6. The van der Waals surface area contributed by atoms with Gasteiger partial charge in [-0.2, -0.15) is 0 Å². The second-order valence-corrected chi connectivity index (χ2v) is 6.24. The molecule has 0 fully saturated rings. The van der Waals surface area contributed by atoms with E-state index in [9.17, 15) is 14.7 Å². The lowest BCUT2D eigenvalue weighted by molar-refractivity contribution is -0.144. The Bertz CT molecular complexity index is 1010. The fourth-order valence-corrected chi connectivity index (χ4v) is 2.68. The molecule has 0 aromatic heterocycles. The van der Waals surface area contributed by atoms with E-state index in [2.05, 4.69) is 5.32 Å². The third-order valence-corrected chi connectivity index (χ3v) is 4.27. The summed E-state index contributed by atoms with van der Waals surface area (Å²) in [6, 6.07) is 21.6. The zero-order valence-electron chi connectivity index (χ0n) is 15.7. The van der Waals surface area contributed by atoms with Gasteiger partial charge in [-0.1, -0.05) is 36.4 Å². The van der Waals surface area contributed by atoms with Crippen LogP contribution in [0.25, 0.3) is 0 Å². The van der Waals surface area contributed by atoms with Crippen LogP contribution in [0.15, 0.2) is 78.9 Å². The van der Waals surface area contributed by atoms with Gasteiger partial charge in [-0.25, -0.2) is 4.79 Å². The third kappa shape index (κ3) is 4.53. The lowest BCUT2D eigenvalue weighted by Gasteiger charge is -2.26. The van der Waals surface area contributed by atoms with Crippen LogP contribution in [0.2, 0.25) is 0 Å². The van der Waals surface area contributed by atoms with Crippen LogP contribution in [-0.2, 0) is 10.5 Å². The summed E-state index contributed by atoms with van der Waals surface area (Å²) in [6.07, 6.45) is 0. The van der Waals surface area contributed by atoms with Gasteiger partial charge in [0.05, 0.1) is 7.11 Å². The van der Waals surface area contributed by atoms with Crippen molar-refractivity contribution in [3.63, 3.8) is 0 Å². The molecule has 0 heterocycles. The number of carbonyl (C=O) groups is 2. The zero-order chi connectivity index (χ0) is 20.9. The van der Waals surface area contributed by atoms with Crippen molar-refractivity contribution in [3.8, 4) is 17.2 Å². The van der Waals surface area contributed by atoms with E-state index in [1.54, 1.807) is 42.5 Å². The SMILES string of the molecule is COc1ccc(C(N)(NC(=O)c2cccc(Oc3ccccc3)c2)C(=O)O)cc1. The van der Waals surface area contributed by atoms with Gasteiger partial charge >= 0.3 is 5.97 Å². The number of benzene rings is 3. The maximum Gasteiger partial charge on any atom is 0.349 e. The number of nitrogens with one attached hydrogen (secondary N) is 1. The first kappa shape index (κ1) is 19.9. The Morgan fingerprint density at radius 2 is 1.55 bits per heavy atom. The molecule has 3 aromatic carbocycles. The summed E-state index contributed by atoms with van der Waals surface area (Å²) in [5.41, 5.74) is 4.35. The largest absolute Gasteiger partial charge is 0.497 e. The number of para-hydroxylation sites is 1. The van der Waals surface area contributed by atoms with E-state index in [0.29, 0.717) is 17.2 Å². The highest BCUT2D eigenvalue weighted by molar-refractivity contribution is 5.98. The Morgan fingerprint density at radius 3 is 2.17 bits per heavy atom. The van der Waals surface area contributed by atoms with Gasteiger partial charge in [0.1, 0.15) is 17.2 Å². The Labute approximate surface area is 167 Å². The van der Waals surface area contributed by atoms with E-state index < -0.39 is 17.5 Å². The number of hydrogen-bond acceptors (Lipinski definition) is 5. The highest BCUT2D eigenvalue weighted by Gasteiger charge is 2.38. The van der Waals surface area contributed by atoms with E-state index in [1.165, 1.54) is 25.3 Å². The molecular formula is C22H20N2O5. The lowest BCUT2D eigenvalue weighted by Crippen LogP contribution is -2.58. The Kier molecular flexibility index (Phi) is 5.80. The molecule has 3 rings (SSSR count). The van der Waals surface area contributed by atoms with E-state index in [1.807, 2.05) is 18.2 Å².